The van der Waals surface area contributed by atoms with Crippen molar-refractivity contribution in [2.75, 3.05) is 6.54 Å². The van der Waals surface area contributed by atoms with Crippen LogP contribution in [0.5, 0.6) is 0 Å². The molecule has 0 aromatic heterocycles. The zero-order valence-corrected chi connectivity index (χ0v) is 16.3. The van der Waals surface area contributed by atoms with Crippen molar-refractivity contribution in [3.8, 4) is 0 Å². The van der Waals surface area contributed by atoms with E-state index in [2.05, 4.69) is 5.32 Å². The number of carbonyl (C=O) groups is 2. The molecule has 0 saturated heterocycles. The van der Waals surface area contributed by atoms with Gasteiger partial charge in [0, 0.05) is 18.1 Å². The molecule has 0 aliphatic rings. The molecule has 2 aromatic rings. The third-order valence-electron chi connectivity index (χ3n) is 4.28. The standard InChI is InChI=1S/C21H24ClFN2O2/c1-3-12-24-21(27)15(2)25(14-16-8-10-18(23)11-9-16)20(26)13-17-6-4-5-7-19(17)22/h4-11,15H,3,12-14H2,1-2H3,(H,24,27). The van der Waals surface area contributed by atoms with Crippen LogP contribution in [0.15, 0.2) is 48.5 Å². The number of benzene rings is 2. The van der Waals surface area contributed by atoms with Gasteiger partial charge in [0.05, 0.1) is 6.42 Å². The minimum absolute atomic E-state index is 0.0895. The number of hydrogen-bond acceptors (Lipinski definition) is 2. The second-order valence-electron chi connectivity index (χ2n) is 6.38. The molecule has 0 radical (unpaired) electrons. The predicted molar refractivity (Wildman–Crippen MR) is 105 cm³/mol. The number of nitrogens with zero attached hydrogens (tertiary/aromatic N) is 1. The fraction of sp³-hybridized carbons (Fsp3) is 0.333. The van der Waals surface area contributed by atoms with Gasteiger partial charge in [-0.05, 0) is 42.7 Å². The van der Waals surface area contributed by atoms with Gasteiger partial charge < -0.3 is 10.2 Å². The second-order valence-corrected chi connectivity index (χ2v) is 6.79. The van der Waals surface area contributed by atoms with Gasteiger partial charge in [-0.15, -0.1) is 0 Å². The molecule has 0 fully saturated rings. The molecule has 4 nitrogen and oxygen atoms in total. The molecule has 2 aromatic carbocycles. The van der Waals surface area contributed by atoms with Crippen LogP contribution in [-0.4, -0.2) is 29.3 Å². The highest BCUT2D eigenvalue weighted by Gasteiger charge is 2.26. The normalized spacial score (nSPS) is 11.7. The van der Waals surface area contributed by atoms with Crippen LogP contribution in [0, 0.1) is 5.82 Å². The fourth-order valence-corrected chi connectivity index (χ4v) is 2.87. The van der Waals surface area contributed by atoms with Crippen LogP contribution in [-0.2, 0) is 22.6 Å². The van der Waals surface area contributed by atoms with Gasteiger partial charge in [-0.25, -0.2) is 4.39 Å². The summed E-state index contributed by atoms with van der Waals surface area (Å²) in [7, 11) is 0. The first-order chi connectivity index (χ1) is 12.9. The summed E-state index contributed by atoms with van der Waals surface area (Å²) < 4.78 is 13.2. The molecule has 0 bridgehead atoms. The maximum atomic E-state index is 13.2. The highest BCUT2D eigenvalue weighted by molar-refractivity contribution is 6.31. The Hall–Kier alpha value is -2.40. The predicted octanol–water partition coefficient (Wildman–Crippen LogP) is 3.97. The average Bonchev–Trinajstić information content (AvgIpc) is 2.66. The number of nitrogens with one attached hydrogen (secondary N) is 1. The van der Waals surface area contributed by atoms with E-state index in [0.717, 1.165) is 12.0 Å². The van der Waals surface area contributed by atoms with Crippen LogP contribution >= 0.6 is 11.6 Å². The van der Waals surface area contributed by atoms with Crippen LogP contribution < -0.4 is 5.32 Å². The lowest BCUT2D eigenvalue weighted by Gasteiger charge is -2.29. The average molecular weight is 391 g/mol. The first-order valence-electron chi connectivity index (χ1n) is 8.97. The zero-order chi connectivity index (χ0) is 19.8. The van der Waals surface area contributed by atoms with Crippen molar-refractivity contribution in [3.05, 3.63) is 70.5 Å². The Bertz CT molecular complexity index is 780. The molecule has 0 aliphatic heterocycles. The lowest BCUT2D eigenvalue weighted by atomic mass is 10.1. The van der Waals surface area contributed by atoms with Gasteiger partial charge in [0.25, 0.3) is 0 Å². The van der Waals surface area contributed by atoms with Crippen molar-refractivity contribution in [1.29, 1.82) is 0 Å². The molecule has 0 spiro atoms. The van der Waals surface area contributed by atoms with Crippen molar-refractivity contribution in [2.45, 2.75) is 39.3 Å². The second kappa shape index (κ2) is 10.1. The van der Waals surface area contributed by atoms with Crippen molar-refractivity contribution in [3.63, 3.8) is 0 Å². The quantitative estimate of drug-likeness (QED) is 0.741. The summed E-state index contributed by atoms with van der Waals surface area (Å²) >= 11 is 6.17. The molecule has 6 heteroatoms. The molecular weight excluding hydrogens is 367 g/mol. The van der Waals surface area contributed by atoms with Gasteiger partial charge in [-0.1, -0.05) is 48.9 Å². The Labute approximate surface area is 164 Å². The fourth-order valence-electron chi connectivity index (χ4n) is 2.67. The van der Waals surface area contributed by atoms with Gasteiger partial charge >= 0.3 is 0 Å². The SMILES string of the molecule is CCCNC(=O)C(C)N(Cc1ccc(F)cc1)C(=O)Cc1ccccc1Cl. The summed E-state index contributed by atoms with van der Waals surface area (Å²) in [5.41, 5.74) is 1.45. The van der Waals surface area contributed by atoms with E-state index in [9.17, 15) is 14.0 Å². The lowest BCUT2D eigenvalue weighted by Crippen LogP contribution is -2.48. The smallest absolute Gasteiger partial charge is 0.242 e. The van der Waals surface area contributed by atoms with E-state index in [1.807, 2.05) is 13.0 Å². The van der Waals surface area contributed by atoms with Crippen molar-refractivity contribution in [1.82, 2.24) is 10.2 Å². The molecule has 27 heavy (non-hydrogen) atoms. The molecule has 144 valence electrons. The summed E-state index contributed by atoms with van der Waals surface area (Å²) in [4.78, 5) is 26.9. The third-order valence-corrected chi connectivity index (χ3v) is 4.65. The molecular formula is C21H24ClFN2O2. The van der Waals surface area contributed by atoms with Crippen LogP contribution in [0.1, 0.15) is 31.4 Å². The molecule has 0 saturated carbocycles. The Balaban J connectivity index is 2.21. The maximum absolute atomic E-state index is 13.2. The summed E-state index contributed by atoms with van der Waals surface area (Å²) in [6.07, 6.45) is 0.899. The Morgan fingerprint density at radius 1 is 1.15 bits per heavy atom. The number of hydrogen-bond donors (Lipinski definition) is 1. The monoisotopic (exact) mass is 390 g/mol. The number of carbonyl (C=O) groups excluding carboxylic acids is 2. The van der Waals surface area contributed by atoms with Gasteiger partial charge in [-0.2, -0.15) is 0 Å². The largest absolute Gasteiger partial charge is 0.354 e. The first-order valence-corrected chi connectivity index (χ1v) is 9.35. The highest BCUT2D eigenvalue weighted by Crippen LogP contribution is 2.18. The summed E-state index contributed by atoms with van der Waals surface area (Å²) in [6, 6.07) is 12.4. The summed E-state index contributed by atoms with van der Waals surface area (Å²) in [5.74, 6) is -0.778. The van der Waals surface area contributed by atoms with E-state index in [0.29, 0.717) is 17.1 Å². The van der Waals surface area contributed by atoms with E-state index in [1.165, 1.54) is 17.0 Å². The molecule has 0 aliphatic carbocycles. The molecule has 1 atom stereocenters. The lowest BCUT2D eigenvalue weighted by molar-refractivity contribution is -0.140. The van der Waals surface area contributed by atoms with E-state index in [4.69, 9.17) is 11.6 Å². The maximum Gasteiger partial charge on any atom is 0.242 e. The van der Waals surface area contributed by atoms with E-state index < -0.39 is 6.04 Å². The molecule has 1 unspecified atom stereocenters. The highest BCUT2D eigenvalue weighted by atomic mass is 35.5. The van der Waals surface area contributed by atoms with Crippen LogP contribution in [0.25, 0.3) is 0 Å². The number of rotatable bonds is 8. The Kier molecular flexibility index (Phi) is 7.80. The Morgan fingerprint density at radius 2 is 1.81 bits per heavy atom. The van der Waals surface area contributed by atoms with Gasteiger partial charge in [-0.3, -0.25) is 9.59 Å². The molecule has 2 rings (SSSR count). The van der Waals surface area contributed by atoms with Crippen LogP contribution in [0.4, 0.5) is 4.39 Å². The minimum atomic E-state index is -0.656. The third kappa shape index (κ3) is 6.07. The van der Waals surface area contributed by atoms with Crippen LogP contribution in [0.3, 0.4) is 0 Å². The number of amides is 2. The van der Waals surface area contributed by atoms with Gasteiger partial charge in [0.2, 0.25) is 11.8 Å². The molecule has 1 N–H and O–H groups in total. The minimum Gasteiger partial charge on any atom is -0.354 e. The van der Waals surface area contributed by atoms with E-state index in [-0.39, 0.29) is 30.6 Å². The molecule has 0 heterocycles. The van der Waals surface area contributed by atoms with E-state index in [1.54, 1.807) is 37.3 Å². The first kappa shape index (κ1) is 20.9. The van der Waals surface area contributed by atoms with Crippen molar-refractivity contribution >= 4 is 23.4 Å². The summed E-state index contributed by atoms with van der Waals surface area (Å²) in [6.45, 7) is 4.42. The van der Waals surface area contributed by atoms with E-state index >= 15 is 0 Å². The topological polar surface area (TPSA) is 49.4 Å². The van der Waals surface area contributed by atoms with Crippen molar-refractivity contribution < 1.29 is 14.0 Å². The number of halogens is 2. The van der Waals surface area contributed by atoms with Crippen LogP contribution in [0.2, 0.25) is 5.02 Å². The van der Waals surface area contributed by atoms with Gasteiger partial charge in [0.1, 0.15) is 11.9 Å². The molecule has 2 amide bonds. The zero-order valence-electron chi connectivity index (χ0n) is 15.5. The summed E-state index contributed by atoms with van der Waals surface area (Å²) in [5, 5.41) is 3.33. The van der Waals surface area contributed by atoms with Gasteiger partial charge in [0.15, 0.2) is 0 Å². The Morgan fingerprint density at radius 3 is 2.44 bits per heavy atom. The van der Waals surface area contributed by atoms with Crippen molar-refractivity contribution in [2.24, 2.45) is 0 Å².